The van der Waals surface area contributed by atoms with Crippen LogP contribution < -0.4 is 10.1 Å². The minimum atomic E-state index is -2.59. The Hall–Kier alpha value is -0.340. The number of phenols is 1. The van der Waals surface area contributed by atoms with Crippen LogP contribution in [0.25, 0.3) is 0 Å². The van der Waals surface area contributed by atoms with E-state index in [0.717, 1.165) is 0 Å². The van der Waals surface area contributed by atoms with E-state index in [9.17, 15) is 13.9 Å². The molecule has 2 rings (SSSR count). The Kier molecular flexibility index (Phi) is 9.57. The molecule has 0 spiro atoms. The van der Waals surface area contributed by atoms with Crippen molar-refractivity contribution in [2.45, 2.75) is 12.5 Å². The first-order chi connectivity index (χ1) is 9.54. The van der Waals surface area contributed by atoms with E-state index in [2.05, 4.69) is 21.2 Å². The van der Waals surface area contributed by atoms with Gasteiger partial charge in [-0.25, -0.2) is 8.78 Å². The molecule has 1 atom stereocenters. The summed E-state index contributed by atoms with van der Waals surface area (Å²) in [6, 6.07) is 1.94. The van der Waals surface area contributed by atoms with Crippen LogP contribution >= 0.6 is 40.7 Å². The van der Waals surface area contributed by atoms with Crippen LogP contribution in [0, 0.1) is 0 Å². The van der Waals surface area contributed by atoms with Gasteiger partial charge in [-0.3, -0.25) is 4.90 Å². The van der Waals surface area contributed by atoms with Crippen molar-refractivity contribution in [2.24, 2.45) is 0 Å². The summed E-state index contributed by atoms with van der Waals surface area (Å²) in [5.41, 5.74) is 0.188. The molecule has 1 heterocycles. The molecule has 0 unspecified atom stereocenters. The lowest BCUT2D eigenvalue weighted by Crippen LogP contribution is -2.46. The predicted octanol–water partition coefficient (Wildman–Crippen LogP) is 3.22. The Morgan fingerprint density at radius 2 is 1.86 bits per heavy atom. The van der Waals surface area contributed by atoms with Gasteiger partial charge < -0.3 is 15.2 Å². The fourth-order valence-corrected chi connectivity index (χ4v) is 2.88. The SMILES string of the molecule is COc1cc(Br)cc([C@H](C(F)F)N2CCNCC2)c1O.Cl.Cl. The highest BCUT2D eigenvalue weighted by Crippen LogP contribution is 2.41. The highest BCUT2D eigenvalue weighted by atomic mass is 79.9. The van der Waals surface area contributed by atoms with E-state index in [-0.39, 0.29) is 41.9 Å². The third-order valence-corrected chi connectivity index (χ3v) is 3.85. The van der Waals surface area contributed by atoms with Crippen molar-refractivity contribution < 1.29 is 18.6 Å². The summed E-state index contributed by atoms with van der Waals surface area (Å²) in [5, 5.41) is 13.3. The fraction of sp³-hybridized carbons (Fsp3) is 0.538. The van der Waals surface area contributed by atoms with Gasteiger partial charge in [0.1, 0.15) is 6.04 Å². The Labute approximate surface area is 149 Å². The van der Waals surface area contributed by atoms with Crippen LogP contribution in [0.15, 0.2) is 16.6 Å². The zero-order valence-corrected chi connectivity index (χ0v) is 15.1. The van der Waals surface area contributed by atoms with Crippen LogP contribution in [0.1, 0.15) is 11.6 Å². The Morgan fingerprint density at radius 1 is 1.27 bits per heavy atom. The number of phenolic OH excluding ortho intramolecular Hbond substituents is 1. The first kappa shape index (κ1) is 21.7. The molecule has 1 aliphatic rings. The highest BCUT2D eigenvalue weighted by molar-refractivity contribution is 9.10. The molecule has 1 fully saturated rings. The molecule has 0 amide bonds. The average molecular weight is 424 g/mol. The molecule has 0 saturated carbocycles. The van der Waals surface area contributed by atoms with Crippen molar-refractivity contribution in [3.8, 4) is 11.5 Å². The van der Waals surface area contributed by atoms with Crippen LogP contribution in [0.2, 0.25) is 0 Å². The molecule has 1 saturated heterocycles. The number of halogens is 5. The normalized spacial score (nSPS) is 16.6. The minimum absolute atomic E-state index is 0. The molecule has 0 aromatic heterocycles. The molecule has 1 aliphatic heterocycles. The van der Waals surface area contributed by atoms with E-state index in [1.54, 1.807) is 11.0 Å². The maximum absolute atomic E-state index is 13.5. The number of hydrogen-bond acceptors (Lipinski definition) is 4. The highest BCUT2D eigenvalue weighted by Gasteiger charge is 2.33. The first-order valence-electron chi connectivity index (χ1n) is 6.34. The van der Waals surface area contributed by atoms with Gasteiger partial charge in [-0.1, -0.05) is 15.9 Å². The quantitative estimate of drug-likeness (QED) is 0.780. The van der Waals surface area contributed by atoms with Gasteiger partial charge in [0.15, 0.2) is 11.5 Å². The number of rotatable bonds is 4. The summed E-state index contributed by atoms with van der Waals surface area (Å²) in [7, 11) is 1.40. The molecule has 0 aliphatic carbocycles. The molecule has 22 heavy (non-hydrogen) atoms. The molecule has 2 N–H and O–H groups in total. The van der Waals surface area contributed by atoms with Crippen molar-refractivity contribution in [1.29, 1.82) is 0 Å². The topological polar surface area (TPSA) is 44.7 Å². The number of nitrogens with one attached hydrogen (secondary N) is 1. The van der Waals surface area contributed by atoms with Crippen LogP contribution in [0.5, 0.6) is 11.5 Å². The smallest absolute Gasteiger partial charge is 0.258 e. The monoisotopic (exact) mass is 422 g/mol. The Balaban J connectivity index is 0.00000220. The second kappa shape index (κ2) is 9.72. The largest absolute Gasteiger partial charge is 0.504 e. The van der Waals surface area contributed by atoms with Crippen molar-refractivity contribution in [3.05, 3.63) is 22.2 Å². The van der Waals surface area contributed by atoms with Gasteiger partial charge in [-0.05, 0) is 12.1 Å². The summed E-state index contributed by atoms with van der Waals surface area (Å²) >= 11 is 3.26. The van der Waals surface area contributed by atoms with Gasteiger partial charge in [0, 0.05) is 36.2 Å². The number of aromatic hydroxyl groups is 1. The first-order valence-corrected chi connectivity index (χ1v) is 7.13. The maximum atomic E-state index is 13.5. The summed E-state index contributed by atoms with van der Waals surface area (Å²) in [6.07, 6.45) is -2.59. The number of ether oxygens (including phenoxy) is 1. The van der Waals surface area contributed by atoms with Crippen LogP contribution in [0.4, 0.5) is 8.78 Å². The summed E-state index contributed by atoms with van der Waals surface area (Å²) < 4.78 is 32.6. The number of hydrogen-bond donors (Lipinski definition) is 2. The number of nitrogens with zero attached hydrogens (tertiary/aromatic N) is 1. The maximum Gasteiger partial charge on any atom is 0.258 e. The van der Waals surface area contributed by atoms with Gasteiger partial charge in [0.2, 0.25) is 0 Å². The van der Waals surface area contributed by atoms with Crippen molar-refractivity contribution >= 4 is 40.7 Å². The number of benzene rings is 1. The van der Waals surface area contributed by atoms with E-state index in [1.165, 1.54) is 13.2 Å². The van der Waals surface area contributed by atoms with E-state index in [0.29, 0.717) is 30.7 Å². The summed E-state index contributed by atoms with van der Waals surface area (Å²) in [4.78, 5) is 1.68. The predicted molar refractivity (Wildman–Crippen MR) is 90.0 cm³/mol. The third kappa shape index (κ3) is 4.83. The van der Waals surface area contributed by atoms with Crippen LogP contribution in [-0.2, 0) is 0 Å². The van der Waals surface area contributed by atoms with E-state index in [1.807, 2.05) is 0 Å². The molecular formula is C13H19BrCl2F2N2O2. The molecule has 4 nitrogen and oxygen atoms in total. The lowest BCUT2D eigenvalue weighted by atomic mass is 10.0. The number of piperazine rings is 1. The average Bonchev–Trinajstić information content (AvgIpc) is 2.43. The van der Waals surface area contributed by atoms with Gasteiger partial charge in [0.05, 0.1) is 7.11 Å². The standard InChI is InChI=1S/C13H17BrF2N2O2.2ClH/c1-20-10-7-8(14)6-9(12(10)19)11(13(15)16)18-4-2-17-3-5-18;;/h6-7,11,13,17,19H,2-5H2,1H3;2*1H/t11-;;/m1../s1. The lowest BCUT2D eigenvalue weighted by Gasteiger charge is -2.35. The zero-order valence-electron chi connectivity index (χ0n) is 11.9. The lowest BCUT2D eigenvalue weighted by molar-refractivity contribution is 0.0168. The van der Waals surface area contributed by atoms with Crippen LogP contribution in [0.3, 0.4) is 0 Å². The van der Waals surface area contributed by atoms with E-state index < -0.39 is 12.5 Å². The summed E-state index contributed by atoms with van der Waals surface area (Å²) in [6.45, 7) is 2.36. The van der Waals surface area contributed by atoms with Gasteiger partial charge in [-0.2, -0.15) is 0 Å². The molecule has 128 valence electrons. The second-order valence-corrected chi connectivity index (χ2v) is 5.53. The Bertz CT molecular complexity index is 478. The van der Waals surface area contributed by atoms with Gasteiger partial charge in [0.25, 0.3) is 6.43 Å². The van der Waals surface area contributed by atoms with E-state index >= 15 is 0 Å². The van der Waals surface area contributed by atoms with Crippen molar-refractivity contribution in [1.82, 2.24) is 10.2 Å². The van der Waals surface area contributed by atoms with Gasteiger partial charge in [-0.15, -0.1) is 24.8 Å². The van der Waals surface area contributed by atoms with E-state index in [4.69, 9.17) is 4.74 Å². The summed E-state index contributed by atoms with van der Waals surface area (Å²) in [5.74, 6) is -0.0327. The fourth-order valence-electron chi connectivity index (χ4n) is 2.43. The molecule has 0 bridgehead atoms. The van der Waals surface area contributed by atoms with Crippen molar-refractivity contribution in [3.63, 3.8) is 0 Å². The molecular weight excluding hydrogens is 405 g/mol. The molecule has 0 radical (unpaired) electrons. The third-order valence-electron chi connectivity index (χ3n) is 3.39. The minimum Gasteiger partial charge on any atom is -0.504 e. The number of alkyl halides is 2. The zero-order chi connectivity index (χ0) is 14.7. The van der Waals surface area contributed by atoms with Gasteiger partial charge >= 0.3 is 0 Å². The van der Waals surface area contributed by atoms with Crippen LogP contribution in [-0.4, -0.2) is 49.7 Å². The molecule has 1 aromatic carbocycles. The van der Waals surface area contributed by atoms with Crippen molar-refractivity contribution in [2.75, 3.05) is 33.3 Å². The Morgan fingerprint density at radius 3 is 2.36 bits per heavy atom. The molecule has 9 heteroatoms. The second-order valence-electron chi connectivity index (χ2n) is 4.61. The number of methoxy groups -OCH3 is 1. The molecule has 1 aromatic rings.